The highest BCUT2D eigenvalue weighted by Crippen LogP contribution is 2.44. The summed E-state index contributed by atoms with van der Waals surface area (Å²) < 4.78 is 36.7. The summed E-state index contributed by atoms with van der Waals surface area (Å²) in [6.07, 6.45) is -2.81. The van der Waals surface area contributed by atoms with Gasteiger partial charge in [0.25, 0.3) is 0 Å². The van der Waals surface area contributed by atoms with Crippen LogP contribution >= 0.6 is 0 Å². The lowest BCUT2D eigenvalue weighted by molar-refractivity contribution is -0.138. The highest BCUT2D eigenvalue weighted by molar-refractivity contribution is 4.94. The molecule has 0 saturated heterocycles. The first-order valence-electron chi connectivity index (χ1n) is 7.05. The number of alkyl halides is 3. The first kappa shape index (κ1) is 16.8. The molecule has 5 heteroatoms. The van der Waals surface area contributed by atoms with Crippen molar-refractivity contribution in [2.75, 3.05) is 20.1 Å². The van der Waals surface area contributed by atoms with E-state index in [0.29, 0.717) is 11.8 Å². The van der Waals surface area contributed by atoms with Gasteiger partial charge in [0.05, 0.1) is 6.42 Å². The molecule has 2 nitrogen and oxygen atoms in total. The zero-order valence-corrected chi connectivity index (χ0v) is 12.4. The molecule has 3 unspecified atom stereocenters. The first-order chi connectivity index (χ1) is 8.54. The van der Waals surface area contributed by atoms with E-state index in [-0.39, 0.29) is 18.0 Å². The number of nitrogens with two attached hydrogens (primary N) is 1. The van der Waals surface area contributed by atoms with Gasteiger partial charge in [0.15, 0.2) is 0 Å². The van der Waals surface area contributed by atoms with Crippen LogP contribution in [-0.2, 0) is 0 Å². The summed E-state index contributed by atoms with van der Waals surface area (Å²) in [4.78, 5) is 1.81. The Balaban J connectivity index is 2.52. The summed E-state index contributed by atoms with van der Waals surface area (Å²) in [5.74, 6) is 0.822. The highest BCUT2D eigenvalue weighted by atomic mass is 19.4. The van der Waals surface area contributed by atoms with Crippen LogP contribution in [-0.4, -0.2) is 37.3 Å². The van der Waals surface area contributed by atoms with Gasteiger partial charge in [-0.2, -0.15) is 13.2 Å². The molecule has 0 aromatic rings. The summed E-state index contributed by atoms with van der Waals surface area (Å²) in [6, 6.07) is 0.215. The topological polar surface area (TPSA) is 29.3 Å². The fourth-order valence-corrected chi connectivity index (χ4v) is 3.05. The van der Waals surface area contributed by atoms with Crippen molar-refractivity contribution in [3.63, 3.8) is 0 Å². The van der Waals surface area contributed by atoms with Crippen molar-refractivity contribution < 1.29 is 13.2 Å². The molecule has 1 aliphatic carbocycles. The Morgan fingerprint density at radius 2 is 1.84 bits per heavy atom. The third-order valence-electron chi connectivity index (χ3n) is 5.03. The predicted octanol–water partition coefficient (Wildman–Crippen LogP) is 3.27. The van der Waals surface area contributed by atoms with Gasteiger partial charge in [-0.15, -0.1) is 0 Å². The predicted molar refractivity (Wildman–Crippen MR) is 71.8 cm³/mol. The minimum absolute atomic E-state index is 0.0799. The Hall–Kier alpha value is -0.290. The third kappa shape index (κ3) is 4.63. The van der Waals surface area contributed by atoms with Gasteiger partial charge < -0.3 is 10.6 Å². The molecule has 0 radical (unpaired) electrons. The van der Waals surface area contributed by atoms with E-state index in [9.17, 15) is 13.2 Å². The number of halogens is 3. The van der Waals surface area contributed by atoms with Crippen LogP contribution in [0.25, 0.3) is 0 Å². The molecule has 19 heavy (non-hydrogen) atoms. The number of hydrogen-bond acceptors (Lipinski definition) is 2. The Labute approximate surface area is 114 Å². The molecule has 0 heterocycles. The van der Waals surface area contributed by atoms with Crippen molar-refractivity contribution in [3.8, 4) is 0 Å². The highest BCUT2D eigenvalue weighted by Gasteiger charge is 2.41. The molecule has 1 saturated carbocycles. The van der Waals surface area contributed by atoms with E-state index < -0.39 is 12.6 Å². The molecule has 1 aliphatic rings. The average molecular weight is 280 g/mol. The van der Waals surface area contributed by atoms with Crippen molar-refractivity contribution in [2.45, 2.75) is 52.3 Å². The second kappa shape index (κ2) is 6.00. The van der Waals surface area contributed by atoms with Crippen molar-refractivity contribution in [1.82, 2.24) is 4.90 Å². The lowest BCUT2D eigenvalue weighted by atomic mass is 9.61. The molecular formula is C14H27F3N2. The minimum atomic E-state index is -4.06. The quantitative estimate of drug-likeness (QED) is 0.856. The van der Waals surface area contributed by atoms with Gasteiger partial charge in [-0.1, -0.05) is 20.8 Å². The van der Waals surface area contributed by atoms with Gasteiger partial charge in [-0.05, 0) is 37.1 Å². The molecule has 0 aromatic carbocycles. The molecular weight excluding hydrogens is 253 g/mol. The molecule has 0 aromatic heterocycles. The fourth-order valence-electron chi connectivity index (χ4n) is 3.05. The monoisotopic (exact) mass is 280 g/mol. The maximum absolute atomic E-state index is 12.2. The summed E-state index contributed by atoms with van der Waals surface area (Å²) in [5, 5.41) is 0. The molecule has 0 aliphatic heterocycles. The van der Waals surface area contributed by atoms with Crippen molar-refractivity contribution in [3.05, 3.63) is 0 Å². The standard InChI is InChI=1S/C14H27F3N2/c1-10-12(18)6-5-11(13(10,2)3)9-19(4)8-7-14(15,16)17/h10-12H,5-9,18H2,1-4H3. The lowest BCUT2D eigenvalue weighted by Crippen LogP contribution is -2.49. The van der Waals surface area contributed by atoms with E-state index in [1.807, 2.05) is 4.90 Å². The Kier molecular flexibility index (Phi) is 5.29. The molecule has 1 fully saturated rings. The van der Waals surface area contributed by atoms with Gasteiger partial charge in [0.2, 0.25) is 0 Å². The molecule has 0 amide bonds. The van der Waals surface area contributed by atoms with Crippen LogP contribution in [0.2, 0.25) is 0 Å². The first-order valence-corrected chi connectivity index (χ1v) is 7.05. The maximum Gasteiger partial charge on any atom is 0.390 e. The summed E-state index contributed by atoms with van der Waals surface area (Å²) in [5.41, 5.74) is 6.19. The van der Waals surface area contributed by atoms with Crippen LogP contribution in [0.4, 0.5) is 13.2 Å². The molecule has 1 rings (SSSR count). The van der Waals surface area contributed by atoms with E-state index in [0.717, 1.165) is 19.4 Å². The van der Waals surface area contributed by atoms with E-state index in [4.69, 9.17) is 5.73 Å². The molecule has 3 atom stereocenters. The van der Waals surface area contributed by atoms with Crippen LogP contribution < -0.4 is 5.73 Å². The smallest absolute Gasteiger partial charge is 0.327 e. The van der Waals surface area contributed by atoms with Crippen LogP contribution in [0.15, 0.2) is 0 Å². The molecule has 0 bridgehead atoms. The van der Waals surface area contributed by atoms with Gasteiger partial charge in [0.1, 0.15) is 0 Å². The van der Waals surface area contributed by atoms with Crippen LogP contribution in [0.5, 0.6) is 0 Å². The maximum atomic E-state index is 12.2. The fraction of sp³-hybridized carbons (Fsp3) is 1.00. The molecule has 2 N–H and O–H groups in total. The summed E-state index contributed by atoms with van der Waals surface area (Å²) >= 11 is 0. The largest absolute Gasteiger partial charge is 0.390 e. The summed E-state index contributed by atoms with van der Waals surface area (Å²) in [7, 11) is 1.78. The molecule has 0 spiro atoms. The molecule has 114 valence electrons. The van der Waals surface area contributed by atoms with E-state index in [2.05, 4.69) is 20.8 Å². The van der Waals surface area contributed by atoms with E-state index in [1.54, 1.807) is 7.05 Å². The Morgan fingerprint density at radius 1 is 1.26 bits per heavy atom. The van der Waals surface area contributed by atoms with Crippen molar-refractivity contribution >= 4 is 0 Å². The lowest BCUT2D eigenvalue weighted by Gasteiger charge is -2.48. The average Bonchev–Trinajstić information content (AvgIpc) is 2.27. The van der Waals surface area contributed by atoms with Gasteiger partial charge in [0, 0.05) is 19.1 Å². The van der Waals surface area contributed by atoms with Gasteiger partial charge in [-0.25, -0.2) is 0 Å². The normalized spacial score (nSPS) is 31.7. The van der Waals surface area contributed by atoms with Crippen LogP contribution in [0.3, 0.4) is 0 Å². The number of nitrogens with zero attached hydrogens (tertiary/aromatic N) is 1. The zero-order valence-electron chi connectivity index (χ0n) is 12.4. The third-order valence-corrected chi connectivity index (χ3v) is 5.03. The van der Waals surface area contributed by atoms with Crippen molar-refractivity contribution in [2.24, 2.45) is 23.0 Å². The minimum Gasteiger partial charge on any atom is -0.327 e. The van der Waals surface area contributed by atoms with E-state index >= 15 is 0 Å². The summed E-state index contributed by atoms with van der Waals surface area (Å²) in [6.45, 7) is 7.35. The van der Waals surface area contributed by atoms with Crippen molar-refractivity contribution in [1.29, 1.82) is 0 Å². The SMILES string of the molecule is CC1C(N)CCC(CN(C)CCC(F)(F)F)C1(C)C. The Morgan fingerprint density at radius 3 is 2.37 bits per heavy atom. The Bertz CT molecular complexity index is 289. The number of rotatable bonds is 4. The van der Waals surface area contributed by atoms with Gasteiger partial charge in [-0.3, -0.25) is 0 Å². The zero-order chi connectivity index (χ0) is 14.8. The van der Waals surface area contributed by atoms with Gasteiger partial charge >= 0.3 is 6.18 Å². The number of hydrogen-bond donors (Lipinski definition) is 1. The van der Waals surface area contributed by atoms with E-state index in [1.165, 1.54) is 0 Å². The second-order valence-electron chi connectivity index (χ2n) is 6.68. The second-order valence-corrected chi connectivity index (χ2v) is 6.68. The van der Waals surface area contributed by atoms with Crippen LogP contribution in [0, 0.1) is 17.3 Å². The van der Waals surface area contributed by atoms with Crippen LogP contribution in [0.1, 0.15) is 40.0 Å².